The van der Waals surface area contributed by atoms with Gasteiger partial charge in [0.05, 0.1) is 18.9 Å². The predicted octanol–water partition coefficient (Wildman–Crippen LogP) is 2.42. The van der Waals surface area contributed by atoms with Crippen molar-refractivity contribution >= 4 is 5.69 Å². The number of benzene rings is 1. The van der Waals surface area contributed by atoms with Gasteiger partial charge in [0, 0.05) is 33.4 Å². The summed E-state index contributed by atoms with van der Waals surface area (Å²) < 4.78 is 24.8. The smallest absolute Gasteiger partial charge is 0.146 e. The molecule has 0 fully saturated rings. The molecule has 1 unspecified atom stereocenters. The van der Waals surface area contributed by atoms with Crippen molar-refractivity contribution in [1.82, 2.24) is 5.32 Å². The van der Waals surface area contributed by atoms with E-state index >= 15 is 0 Å². The molecule has 1 rings (SSSR count). The highest BCUT2D eigenvalue weighted by Gasteiger charge is 2.20. The Morgan fingerprint density at radius 1 is 1.29 bits per heavy atom. The van der Waals surface area contributed by atoms with Gasteiger partial charge in [-0.05, 0) is 25.1 Å². The molecule has 1 aromatic rings. The van der Waals surface area contributed by atoms with Crippen LogP contribution in [-0.2, 0) is 16.0 Å². The Kier molecular flexibility index (Phi) is 8.27. The molecule has 120 valence electrons. The molecule has 0 aliphatic carbocycles. The summed E-state index contributed by atoms with van der Waals surface area (Å²) in [6.07, 6.45) is 0. The molecule has 0 aliphatic rings. The van der Waals surface area contributed by atoms with Crippen LogP contribution in [0, 0.1) is 5.82 Å². The van der Waals surface area contributed by atoms with Gasteiger partial charge in [-0.15, -0.1) is 0 Å². The minimum absolute atomic E-state index is 0.0717. The molecule has 0 saturated heterocycles. The van der Waals surface area contributed by atoms with Crippen LogP contribution < -0.4 is 10.2 Å². The van der Waals surface area contributed by atoms with Crippen LogP contribution in [0.4, 0.5) is 10.1 Å². The fourth-order valence-electron chi connectivity index (χ4n) is 2.36. The van der Waals surface area contributed by atoms with Crippen molar-refractivity contribution in [3.8, 4) is 0 Å². The molecule has 0 radical (unpaired) electrons. The van der Waals surface area contributed by atoms with Crippen LogP contribution in [0.15, 0.2) is 18.2 Å². The lowest BCUT2D eigenvalue weighted by molar-refractivity contribution is 0.170. The molecule has 0 spiro atoms. The molecule has 0 amide bonds. The number of rotatable bonds is 10. The monoisotopic (exact) mass is 298 g/mol. The van der Waals surface area contributed by atoms with E-state index in [0.717, 1.165) is 12.1 Å². The zero-order valence-corrected chi connectivity index (χ0v) is 13.5. The Bertz CT molecular complexity index is 415. The molecule has 0 aliphatic heterocycles. The summed E-state index contributed by atoms with van der Waals surface area (Å²) in [5, 5.41) is 3.26. The summed E-state index contributed by atoms with van der Waals surface area (Å²) in [4.78, 5) is 2.02. The van der Waals surface area contributed by atoms with Crippen molar-refractivity contribution in [3.63, 3.8) is 0 Å². The van der Waals surface area contributed by atoms with E-state index in [0.29, 0.717) is 32.0 Å². The summed E-state index contributed by atoms with van der Waals surface area (Å²) >= 11 is 0. The lowest BCUT2D eigenvalue weighted by atomic mass is 10.1. The maximum Gasteiger partial charge on any atom is 0.146 e. The molecule has 4 nitrogen and oxygen atoms in total. The van der Waals surface area contributed by atoms with Gasteiger partial charge in [-0.1, -0.05) is 19.1 Å². The first-order valence-electron chi connectivity index (χ1n) is 7.38. The van der Waals surface area contributed by atoms with Gasteiger partial charge in [0.25, 0.3) is 0 Å². The highest BCUT2D eigenvalue weighted by Crippen LogP contribution is 2.26. The fourth-order valence-corrected chi connectivity index (χ4v) is 2.36. The number of hydrogen-bond donors (Lipinski definition) is 1. The fraction of sp³-hybridized carbons (Fsp3) is 0.625. The quantitative estimate of drug-likeness (QED) is 0.719. The first kappa shape index (κ1) is 17.9. The highest BCUT2D eigenvalue weighted by molar-refractivity contribution is 5.55. The van der Waals surface area contributed by atoms with E-state index in [4.69, 9.17) is 9.47 Å². The van der Waals surface area contributed by atoms with Crippen LogP contribution in [0.5, 0.6) is 0 Å². The summed E-state index contributed by atoms with van der Waals surface area (Å²) in [6, 6.07) is 5.29. The second-order valence-corrected chi connectivity index (χ2v) is 5.02. The maximum atomic E-state index is 14.4. The molecule has 1 N–H and O–H groups in total. The van der Waals surface area contributed by atoms with Gasteiger partial charge in [0.15, 0.2) is 0 Å². The topological polar surface area (TPSA) is 33.7 Å². The maximum absolute atomic E-state index is 14.4. The summed E-state index contributed by atoms with van der Waals surface area (Å²) in [5.74, 6) is -0.204. The standard InChI is InChI=1S/C16H27FN2O2/c1-5-18-11-14-7-6-8-15(17)16(14)19(9-10-20-3)13(2)12-21-4/h6-8,13,18H,5,9-12H2,1-4H3. The van der Waals surface area contributed by atoms with Crippen LogP contribution in [0.25, 0.3) is 0 Å². The first-order chi connectivity index (χ1) is 10.2. The van der Waals surface area contributed by atoms with Gasteiger partial charge in [-0.2, -0.15) is 0 Å². The van der Waals surface area contributed by atoms with Crippen LogP contribution in [0.2, 0.25) is 0 Å². The Labute approximate surface area is 127 Å². The van der Waals surface area contributed by atoms with E-state index in [9.17, 15) is 4.39 Å². The minimum atomic E-state index is -0.204. The van der Waals surface area contributed by atoms with Crippen LogP contribution in [0.3, 0.4) is 0 Å². The van der Waals surface area contributed by atoms with Crippen molar-refractivity contribution in [2.24, 2.45) is 0 Å². The molecule has 1 aromatic carbocycles. The molecular formula is C16H27FN2O2. The van der Waals surface area contributed by atoms with E-state index in [-0.39, 0.29) is 11.9 Å². The third-order valence-corrected chi connectivity index (χ3v) is 3.40. The third kappa shape index (κ3) is 5.26. The van der Waals surface area contributed by atoms with Gasteiger partial charge in [0.2, 0.25) is 0 Å². The van der Waals surface area contributed by atoms with Gasteiger partial charge >= 0.3 is 0 Å². The largest absolute Gasteiger partial charge is 0.383 e. The number of nitrogens with one attached hydrogen (secondary N) is 1. The number of methoxy groups -OCH3 is 2. The predicted molar refractivity (Wildman–Crippen MR) is 84.3 cm³/mol. The molecule has 1 atom stereocenters. The summed E-state index contributed by atoms with van der Waals surface area (Å²) in [7, 11) is 3.31. The minimum Gasteiger partial charge on any atom is -0.383 e. The zero-order chi connectivity index (χ0) is 15.7. The molecule has 0 saturated carbocycles. The van der Waals surface area contributed by atoms with E-state index in [2.05, 4.69) is 5.32 Å². The SMILES string of the molecule is CCNCc1cccc(F)c1N(CCOC)C(C)COC. The van der Waals surface area contributed by atoms with Gasteiger partial charge in [-0.3, -0.25) is 0 Å². The zero-order valence-electron chi connectivity index (χ0n) is 13.5. The van der Waals surface area contributed by atoms with Gasteiger partial charge in [-0.25, -0.2) is 4.39 Å². The normalized spacial score (nSPS) is 12.4. The lowest BCUT2D eigenvalue weighted by Gasteiger charge is -2.32. The Morgan fingerprint density at radius 3 is 2.67 bits per heavy atom. The Hall–Kier alpha value is -1.17. The van der Waals surface area contributed by atoms with Crippen LogP contribution in [0.1, 0.15) is 19.4 Å². The third-order valence-electron chi connectivity index (χ3n) is 3.40. The van der Waals surface area contributed by atoms with E-state index in [1.165, 1.54) is 6.07 Å². The van der Waals surface area contributed by atoms with Gasteiger partial charge < -0.3 is 19.7 Å². The number of para-hydroxylation sites is 1. The number of anilines is 1. The van der Waals surface area contributed by atoms with Gasteiger partial charge in [0.1, 0.15) is 5.82 Å². The number of hydrogen-bond acceptors (Lipinski definition) is 4. The van der Waals surface area contributed by atoms with E-state index in [1.807, 2.05) is 24.8 Å². The molecule has 21 heavy (non-hydrogen) atoms. The average molecular weight is 298 g/mol. The van der Waals surface area contributed by atoms with Crippen molar-refractivity contribution in [3.05, 3.63) is 29.6 Å². The van der Waals surface area contributed by atoms with Crippen molar-refractivity contribution in [2.45, 2.75) is 26.4 Å². The van der Waals surface area contributed by atoms with Crippen molar-refractivity contribution in [2.75, 3.05) is 45.4 Å². The first-order valence-corrected chi connectivity index (χ1v) is 7.38. The highest BCUT2D eigenvalue weighted by atomic mass is 19.1. The van der Waals surface area contributed by atoms with Crippen molar-refractivity contribution in [1.29, 1.82) is 0 Å². The summed E-state index contributed by atoms with van der Waals surface area (Å²) in [6.45, 7) is 7.27. The lowest BCUT2D eigenvalue weighted by Crippen LogP contribution is -2.40. The van der Waals surface area contributed by atoms with Crippen molar-refractivity contribution < 1.29 is 13.9 Å². The molecule has 5 heteroatoms. The molecule has 0 aromatic heterocycles. The second-order valence-electron chi connectivity index (χ2n) is 5.02. The Balaban J connectivity index is 3.08. The molecule has 0 bridgehead atoms. The molecular weight excluding hydrogens is 271 g/mol. The molecule has 0 heterocycles. The number of halogens is 1. The van der Waals surface area contributed by atoms with Crippen LogP contribution >= 0.6 is 0 Å². The average Bonchev–Trinajstić information content (AvgIpc) is 2.47. The number of ether oxygens (including phenoxy) is 2. The second kappa shape index (κ2) is 9.71. The van der Waals surface area contributed by atoms with Crippen LogP contribution in [-0.4, -0.2) is 46.6 Å². The summed E-state index contributed by atoms with van der Waals surface area (Å²) in [5.41, 5.74) is 1.59. The van der Waals surface area contributed by atoms with E-state index < -0.39 is 0 Å². The van der Waals surface area contributed by atoms with E-state index in [1.54, 1.807) is 20.3 Å². The Morgan fingerprint density at radius 2 is 2.05 bits per heavy atom. The number of nitrogens with zero attached hydrogens (tertiary/aromatic N) is 1.